The van der Waals surface area contributed by atoms with Crippen LogP contribution in [-0.4, -0.2) is 26.0 Å². The highest BCUT2D eigenvalue weighted by atomic mass is 35.5. The Labute approximate surface area is 197 Å². The molecule has 0 fully saturated rings. The molecule has 6 nitrogen and oxygen atoms in total. The summed E-state index contributed by atoms with van der Waals surface area (Å²) in [6, 6.07) is 17.5. The van der Waals surface area contributed by atoms with Crippen LogP contribution in [0.5, 0.6) is 11.5 Å². The predicted octanol–water partition coefficient (Wildman–Crippen LogP) is 5.37. The summed E-state index contributed by atoms with van der Waals surface area (Å²) >= 11 is 6.14. The van der Waals surface area contributed by atoms with E-state index in [1.165, 1.54) is 7.11 Å². The number of rotatable bonds is 6. The Kier molecular flexibility index (Phi) is 6.11. The van der Waals surface area contributed by atoms with Crippen molar-refractivity contribution in [1.29, 1.82) is 0 Å². The molecule has 4 rings (SSSR count). The SMILES string of the molecule is COc1ccc(OC)c(NC2=C(c3ccc(C)c(C)c3)C(=O)N(c3cccc(Cl)c3)C2=O)c1. The minimum absolute atomic E-state index is 0.148. The zero-order valence-corrected chi connectivity index (χ0v) is 19.5. The van der Waals surface area contributed by atoms with Crippen LogP contribution in [0, 0.1) is 13.8 Å². The highest BCUT2D eigenvalue weighted by molar-refractivity contribution is 6.46. The van der Waals surface area contributed by atoms with E-state index in [2.05, 4.69) is 5.32 Å². The maximum Gasteiger partial charge on any atom is 0.282 e. The third-order valence-electron chi connectivity index (χ3n) is 5.61. The Bertz CT molecular complexity index is 1300. The third kappa shape index (κ3) is 4.17. The maximum absolute atomic E-state index is 13.6. The number of carbonyl (C=O) groups excluding carboxylic acids is 2. The average molecular weight is 463 g/mol. The first kappa shape index (κ1) is 22.4. The Hall–Kier alpha value is -3.77. The van der Waals surface area contributed by atoms with E-state index in [0.717, 1.165) is 16.0 Å². The van der Waals surface area contributed by atoms with Gasteiger partial charge in [0.15, 0.2) is 0 Å². The first-order chi connectivity index (χ1) is 15.8. The second-order valence-electron chi connectivity index (χ2n) is 7.67. The second-order valence-corrected chi connectivity index (χ2v) is 8.10. The van der Waals surface area contributed by atoms with Crippen LogP contribution >= 0.6 is 11.6 Å². The lowest BCUT2D eigenvalue weighted by molar-refractivity contribution is -0.120. The van der Waals surface area contributed by atoms with Crippen molar-refractivity contribution in [2.24, 2.45) is 0 Å². The molecular weight excluding hydrogens is 440 g/mol. The van der Waals surface area contributed by atoms with Gasteiger partial charge in [0.1, 0.15) is 17.2 Å². The summed E-state index contributed by atoms with van der Waals surface area (Å²) in [4.78, 5) is 28.3. The molecule has 3 aromatic rings. The van der Waals surface area contributed by atoms with Gasteiger partial charge in [-0.25, -0.2) is 4.90 Å². The molecule has 1 aliphatic rings. The molecule has 7 heteroatoms. The Morgan fingerprint density at radius 2 is 1.64 bits per heavy atom. The van der Waals surface area contributed by atoms with E-state index in [1.807, 2.05) is 32.0 Å². The lowest BCUT2D eigenvalue weighted by Gasteiger charge is -2.16. The van der Waals surface area contributed by atoms with Crippen LogP contribution in [0.3, 0.4) is 0 Å². The molecule has 1 aliphatic heterocycles. The summed E-state index contributed by atoms with van der Waals surface area (Å²) in [5.74, 6) is 0.162. The summed E-state index contributed by atoms with van der Waals surface area (Å²) in [7, 11) is 3.09. The van der Waals surface area contributed by atoms with Crippen LogP contribution in [0.2, 0.25) is 5.02 Å². The number of methoxy groups -OCH3 is 2. The number of ether oxygens (including phenoxy) is 2. The number of anilines is 2. The van der Waals surface area contributed by atoms with Crippen molar-refractivity contribution in [3.8, 4) is 11.5 Å². The average Bonchev–Trinajstić information content (AvgIpc) is 3.04. The zero-order valence-electron chi connectivity index (χ0n) is 18.7. The summed E-state index contributed by atoms with van der Waals surface area (Å²) < 4.78 is 10.8. The number of hydrogen-bond acceptors (Lipinski definition) is 5. The van der Waals surface area contributed by atoms with Gasteiger partial charge in [-0.15, -0.1) is 0 Å². The molecule has 2 amide bonds. The van der Waals surface area contributed by atoms with Gasteiger partial charge in [-0.05, 0) is 60.9 Å². The van der Waals surface area contributed by atoms with Crippen molar-refractivity contribution < 1.29 is 19.1 Å². The van der Waals surface area contributed by atoms with Crippen LogP contribution in [0.25, 0.3) is 5.57 Å². The molecule has 3 aromatic carbocycles. The highest BCUT2D eigenvalue weighted by Gasteiger charge is 2.40. The minimum Gasteiger partial charge on any atom is -0.497 e. The van der Waals surface area contributed by atoms with E-state index >= 15 is 0 Å². The van der Waals surface area contributed by atoms with Gasteiger partial charge in [0.2, 0.25) is 0 Å². The Balaban J connectivity index is 1.88. The number of benzene rings is 3. The number of amides is 2. The predicted molar refractivity (Wildman–Crippen MR) is 130 cm³/mol. The van der Waals surface area contributed by atoms with Crippen molar-refractivity contribution in [2.75, 3.05) is 24.4 Å². The molecule has 0 bridgehead atoms. The number of carbonyl (C=O) groups is 2. The molecule has 0 saturated carbocycles. The van der Waals surface area contributed by atoms with Gasteiger partial charge in [0, 0.05) is 11.1 Å². The summed E-state index contributed by atoms with van der Waals surface area (Å²) in [5.41, 5.74) is 4.06. The summed E-state index contributed by atoms with van der Waals surface area (Å²) in [5, 5.41) is 3.57. The fourth-order valence-corrected chi connectivity index (χ4v) is 3.89. The quantitative estimate of drug-likeness (QED) is 0.499. The van der Waals surface area contributed by atoms with E-state index in [1.54, 1.807) is 49.6 Å². The van der Waals surface area contributed by atoms with Crippen LogP contribution in [-0.2, 0) is 9.59 Å². The van der Waals surface area contributed by atoms with Gasteiger partial charge in [0.25, 0.3) is 11.8 Å². The van der Waals surface area contributed by atoms with Gasteiger partial charge in [-0.2, -0.15) is 0 Å². The van der Waals surface area contributed by atoms with E-state index in [0.29, 0.717) is 33.5 Å². The van der Waals surface area contributed by atoms with Gasteiger partial charge < -0.3 is 14.8 Å². The number of halogens is 1. The Morgan fingerprint density at radius 1 is 0.848 bits per heavy atom. The molecule has 0 saturated heterocycles. The largest absolute Gasteiger partial charge is 0.497 e. The molecule has 0 aromatic heterocycles. The number of hydrogen-bond donors (Lipinski definition) is 1. The Morgan fingerprint density at radius 3 is 2.30 bits per heavy atom. The normalized spacial score (nSPS) is 13.5. The van der Waals surface area contributed by atoms with Gasteiger partial charge in [0.05, 0.1) is 31.2 Å². The molecular formula is C26H23ClN2O4. The second kappa shape index (κ2) is 9.00. The fourth-order valence-electron chi connectivity index (χ4n) is 3.71. The molecule has 0 aliphatic carbocycles. The molecule has 0 radical (unpaired) electrons. The van der Waals surface area contributed by atoms with E-state index in [9.17, 15) is 9.59 Å². The van der Waals surface area contributed by atoms with Crippen LogP contribution in [0.1, 0.15) is 16.7 Å². The lowest BCUT2D eigenvalue weighted by atomic mass is 9.99. The third-order valence-corrected chi connectivity index (χ3v) is 5.85. The first-order valence-electron chi connectivity index (χ1n) is 10.3. The molecule has 168 valence electrons. The number of aryl methyl sites for hydroxylation is 2. The molecule has 0 atom stereocenters. The standard InChI is InChI=1S/C26H23ClN2O4/c1-15-8-9-17(12-16(15)2)23-24(28-21-14-20(32-3)10-11-22(21)33-4)26(31)29(25(23)30)19-7-5-6-18(27)13-19/h5-14,28H,1-4H3. The van der Waals surface area contributed by atoms with Crippen molar-refractivity contribution in [3.63, 3.8) is 0 Å². The van der Waals surface area contributed by atoms with E-state index in [4.69, 9.17) is 21.1 Å². The van der Waals surface area contributed by atoms with Crippen LogP contribution in [0.15, 0.2) is 66.4 Å². The zero-order chi connectivity index (χ0) is 23.7. The van der Waals surface area contributed by atoms with Crippen LogP contribution in [0.4, 0.5) is 11.4 Å². The van der Waals surface area contributed by atoms with E-state index < -0.39 is 11.8 Å². The van der Waals surface area contributed by atoms with Crippen molar-refractivity contribution in [1.82, 2.24) is 0 Å². The number of nitrogens with one attached hydrogen (secondary N) is 1. The first-order valence-corrected chi connectivity index (χ1v) is 10.7. The van der Waals surface area contributed by atoms with Crippen LogP contribution < -0.4 is 19.7 Å². The molecule has 0 unspecified atom stereocenters. The molecule has 1 heterocycles. The molecule has 1 N–H and O–H groups in total. The summed E-state index contributed by atoms with van der Waals surface area (Å²) in [6.07, 6.45) is 0. The molecule has 0 spiro atoms. The molecule has 33 heavy (non-hydrogen) atoms. The van der Waals surface area contributed by atoms with Crippen molar-refractivity contribution >= 4 is 40.4 Å². The van der Waals surface area contributed by atoms with Gasteiger partial charge in [-0.1, -0.05) is 35.9 Å². The topological polar surface area (TPSA) is 67.9 Å². The maximum atomic E-state index is 13.6. The smallest absolute Gasteiger partial charge is 0.282 e. The summed E-state index contributed by atoms with van der Waals surface area (Å²) in [6.45, 7) is 3.96. The van der Waals surface area contributed by atoms with Crippen molar-refractivity contribution in [3.05, 3.63) is 88.1 Å². The van der Waals surface area contributed by atoms with E-state index in [-0.39, 0.29) is 11.3 Å². The van der Waals surface area contributed by atoms with Crippen molar-refractivity contribution in [2.45, 2.75) is 13.8 Å². The van der Waals surface area contributed by atoms with Gasteiger partial charge >= 0.3 is 0 Å². The monoisotopic (exact) mass is 462 g/mol. The van der Waals surface area contributed by atoms with Gasteiger partial charge in [-0.3, -0.25) is 9.59 Å². The lowest BCUT2D eigenvalue weighted by Crippen LogP contribution is -2.32. The number of nitrogens with zero attached hydrogens (tertiary/aromatic N) is 1. The highest BCUT2D eigenvalue weighted by Crippen LogP contribution is 2.37. The fraction of sp³-hybridized carbons (Fsp3) is 0.154. The number of imide groups is 1. The minimum atomic E-state index is -0.486.